The predicted molar refractivity (Wildman–Crippen MR) is 85.0 cm³/mol. The van der Waals surface area contributed by atoms with Gasteiger partial charge in [-0.15, -0.1) is 0 Å². The standard InChI is InChI=1S/C15H23N3O4/c1-3-4-12(7-8-19)10-16-15(20)17-13-6-5-11(2)14(9-13)18(21)22/h5-6,9,12,19H,3-4,7-8,10H2,1-2H3,(H2,16,17,20). The van der Waals surface area contributed by atoms with Gasteiger partial charge in [-0.1, -0.05) is 19.4 Å². The Kier molecular flexibility index (Phi) is 7.31. The molecule has 0 radical (unpaired) electrons. The van der Waals surface area contributed by atoms with E-state index in [0.717, 1.165) is 12.8 Å². The highest BCUT2D eigenvalue weighted by Crippen LogP contribution is 2.22. The minimum atomic E-state index is -0.475. The molecule has 0 saturated carbocycles. The van der Waals surface area contributed by atoms with Crippen LogP contribution in [0.3, 0.4) is 0 Å². The van der Waals surface area contributed by atoms with E-state index in [1.54, 1.807) is 19.1 Å². The Bertz CT molecular complexity index is 514. The number of hydrogen-bond donors (Lipinski definition) is 3. The zero-order valence-electron chi connectivity index (χ0n) is 13.0. The minimum Gasteiger partial charge on any atom is -0.396 e. The van der Waals surface area contributed by atoms with Crippen LogP contribution in [-0.4, -0.2) is 29.2 Å². The molecule has 0 aromatic heterocycles. The van der Waals surface area contributed by atoms with Gasteiger partial charge in [-0.25, -0.2) is 4.79 Å². The van der Waals surface area contributed by atoms with Crippen LogP contribution in [0.5, 0.6) is 0 Å². The summed E-state index contributed by atoms with van der Waals surface area (Å²) in [7, 11) is 0. The summed E-state index contributed by atoms with van der Waals surface area (Å²) in [6.07, 6.45) is 2.55. The quantitative estimate of drug-likeness (QED) is 0.507. The molecular weight excluding hydrogens is 286 g/mol. The summed E-state index contributed by atoms with van der Waals surface area (Å²) in [5.41, 5.74) is 0.896. The summed E-state index contributed by atoms with van der Waals surface area (Å²) in [4.78, 5) is 22.2. The highest BCUT2D eigenvalue weighted by Gasteiger charge is 2.13. The van der Waals surface area contributed by atoms with Crippen LogP contribution in [-0.2, 0) is 0 Å². The molecule has 22 heavy (non-hydrogen) atoms. The first kappa shape index (κ1) is 17.9. The van der Waals surface area contributed by atoms with E-state index < -0.39 is 11.0 Å². The van der Waals surface area contributed by atoms with E-state index in [1.807, 2.05) is 0 Å². The van der Waals surface area contributed by atoms with E-state index in [4.69, 9.17) is 5.11 Å². The number of nitro groups is 1. The average Bonchev–Trinajstić information content (AvgIpc) is 2.47. The van der Waals surface area contributed by atoms with Crippen LogP contribution in [0.4, 0.5) is 16.2 Å². The third kappa shape index (κ3) is 5.69. The van der Waals surface area contributed by atoms with Gasteiger partial charge in [0, 0.05) is 30.5 Å². The Labute approximate surface area is 129 Å². The lowest BCUT2D eigenvalue weighted by Gasteiger charge is -2.16. The summed E-state index contributed by atoms with van der Waals surface area (Å²) in [6, 6.07) is 4.15. The second-order valence-electron chi connectivity index (χ2n) is 5.26. The van der Waals surface area contributed by atoms with Gasteiger partial charge in [-0.05, 0) is 31.7 Å². The molecule has 7 heteroatoms. The average molecular weight is 309 g/mol. The zero-order chi connectivity index (χ0) is 16.5. The Morgan fingerprint density at radius 2 is 2.14 bits per heavy atom. The molecule has 3 N–H and O–H groups in total. The number of rotatable bonds is 8. The second-order valence-corrected chi connectivity index (χ2v) is 5.26. The minimum absolute atomic E-state index is 0.0260. The number of aliphatic hydroxyl groups excluding tert-OH is 1. The molecule has 0 aliphatic rings. The molecule has 1 unspecified atom stereocenters. The van der Waals surface area contributed by atoms with E-state index in [0.29, 0.717) is 24.2 Å². The fraction of sp³-hybridized carbons (Fsp3) is 0.533. The topological polar surface area (TPSA) is 104 Å². The lowest BCUT2D eigenvalue weighted by Crippen LogP contribution is -2.33. The molecular formula is C15H23N3O4. The monoisotopic (exact) mass is 309 g/mol. The molecule has 7 nitrogen and oxygen atoms in total. The number of aryl methyl sites for hydroxylation is 1. The van der Waals surface area contributed by atoms with Gasteiger partial charge in [0.25, 0.3) is 5.69 Å². The van der Waals surface area contributed by atoms with Crippen molar-refractivity contribution in [2.45, 2.75) is 33.1 Å². The molecule has 0 aliphatic heterocycles. The molecule has 2 amide bonds. The van der Waals surface area contributed by atoms with Gasteiger partial charge in [0.15, 0.2) is 0 Å². The summed E-state index contributed by atoms with van der Waals surface area (Å²) in [6.45, 7) is 4.26. The fourth-order valence-corrected chi connectivity index (χ4v) is 2.24. The SMILES string of the molecule is CCCC(CCO)CNC(=O)Nc1ccc(C)c([N+](=O)[O-])c1. The number of amides is 2. The van der Waals surface area contributed by atoms with E-state index in [1.165, 1.54) is 6.07 Å². The van der Waals surface area contributed by atoms with Gasteiger partial charge < -0.3 is 15.7 Å². The second kappa shape index (κ2) is 8.99. The number of carbonyl (C=O) groups is 1. The van der Waals surface area contributed by atoms with E-state index >= 15 is 0 Å². The molecule has 0 aliphatic carbocycles. The number of nitrogens with one attached hydrogen (secondary N) is 2. The van der Waals surface area contributed by atoms with Gasteiger partial charge in [-0.2, -0.15) is 0 Å². The van der Waals surface area contributed by atoms with Crippen molar-refractivity contribution in [2.24, 2.45) is 5.92 Å². The van der Waals surface area contributed by atoms with E-state index in [-0.39, 0.29) is 18.2 Å². The summed E-state index contributed by atoms with van der Waals surface area (Å²) in [5.74, 6) is 0.230. The van der Waals surface area contributed by atoms with Crippen LogP contribution < -0.4 is 10.6 Å². The first-order chi connectivity index (χ1) is 10.5. The Morgan fingerprint density at radius 1 is 1.41 bits per heavy atom. The summed E-state index contributed by atoms with van der Waals surface area (Å²) >= 11 is 0. The van der Waals surface area contributed by atoms with Crippen LogP contribution in [0.15, 0.2) is 18.2 Å². The summed E-state index contributed by atoms with van der Waals surface area (Å²) < 4.78 is 0. The largest absolute Gasteiger partial charge is 0.396 e. The first-order valence-corrected chi connectivity index (χ1v) is 7.38. The molecule has 1 aromatic carbocycles. The number of nitrogens with zero attached hydrogens (tertiary/aromatic N) is 1. The molecule has 1 aromatic rings. The lowest BCUT2D eigenvalue weighted by molar-refractivity contribution is -0.385. The maximum atomic E-state index is 11.8. The van der Waals surface area contributed by atoms with Crippen LogP contribution in [0.2, 0.25) is 0 Å². The molecule has 0 saturated heterocycles. The molecule has 1 atom stereocenters. The van der Waals surface area contributed by atoms with Crippen LogP contribution >= 0.6 is 0 Å². The third-order valence-corrected chi connectivity index (χ3v) is 3.45. The number of benzene rings is 1. The van der Waals surface area contributed by atoms with E-state index in [9.17, 15) is 14.9 Å². The van der Waals surface area contributed by atoms with Crippen LogP contribution in [0.1, 0.15) is 31.7 Å². The maximum Gasteiger partial charge on any atom is 0.319 e. The van der Waals surface area contributed by atoms with Crippen molar-refractivity contribution in [1.82, 2.24) is 5.32 Å². The Balaban J connectivity index is 2.58. The van der Waals surface area contributed by atoms with Gasteiger partial charge in [0.1, 0.15) is 0 Å². The number of urea groups is 1. The molecule has 0 spiro atoms. The predicted octanol–water partition coefficient (Wildman–Crippen LogP) is 2.82. The van der Waals surface area contributed by atoms with Crippen molar-refractivity contribution >= 4 is 17.4 Å². The normalized spacial score (nSPS) is 11.8. The van der Waals surface area contributed by atoms with Crippen molar-refractivity contribution in [3.63, 3.8) is 0 Å². The van der Waals surface area contributed by atoms with Gasteiger partial charge >= 0.3 is 6.03 Å². The molecule has 0 heterocycles. The van der Waals surface area contributed by atoms with Crippen molar-refractivity contribution in [2.75, 3.05) is 18.5 Å². The van der Waals surface area contributed by atoms with Crippen LogP contribution in [0.25, 0.3) is 0 Å². The Hall–Kier alpha value is -2.15. The van der Waals surface area contributed by atoms with Gasteiger partial charge in [0.2, 0.25) is 0 Å². The Morgan fingerprint density at radius 3 is 2.73 bits per heavy atom. The fourth-order valence-electron chi connectivity index (χ4n) is 2.24. The number of hydrogen-bond acceptors (Lipinski definition) is 4. The van der Waals surface area contributed by atoms with Crippen molar-refractivity contribution in [3.8, 4) is 0 Å². The number of aliphatic hydroxyl groups is 1. The number of nitro benzene ring substituents is 1. The molecule has 0 fully saturated rings. The number of carbonyl (C=O) groups excluding carboxylic acids is 1. The molecule has 122 valence electrons. The van der Waals surface area contributed by atoms with Gasteiger partial charge in [-0.3, -0.25) is 10.1 Å². The zero-order valence-corrected chi connectivity index (χ0v) is 13.0. The molecule has 0 bridgehead atoms. The van der Waals surface area contributed by atoms with Crippen molar-refractivity contribution in [3.05, 3.63) is 33.9 Å². The first-order valence-electron chi connectivity index (χ1n) is 7.38. The van der Waals surface area contributed by atoms with E-state index in [2.05, 4.69) is 17.6 Å². The number of anilines is 1. The lowest BCUT2D eigenvalue weighted by atomic mass is 10.0. The maximum absolute atomic E-state index is 11.8. The highest BCUT2D eigenvalue weighted by atomic mass is 16.6. The van der Waals surface area contributed by atoms with Crippen LogP contribution in [0, 0.1) is 23.0 Å². The van der Waals surface area contributed by atoms with Crippen molar-refractivity contribution < 1.29 is 14.8 Å². The van der Waals surface area contributed by atoms with Crippen molar-refractivity contribution in [1.29, 1.82) is 0 Å². The molecule has 1 rings (SSSR count). The third-order valence-electron chi connectivity index (χ3n) is 3.45. The summed E-state index contributed by atoms with van der Waals surface area (Å²) in [5, 5.41) is 25.2. The van der Waals surface area contributed by atoms with Gasteiger partial charge in [0.05, 0.1) is 4.92 Å². The highest BCUT2D eigenvalue weighted by molar-refractivity contribution is 5.89. The smallest absolute Gasteiger partial charge is 0.319 e.